The minimum atomic E-state index is -4.57. The Hall–Kier alpha value is -4.48. The van der Waals surface area contributed by atoms with Crippen LogP contribution < -0.4 is 10.6 Å². The van der Waals surface area contributed by atoms with Crippen LogP contribution in [-0.4, -0.2) is 48.2 Å². The second-order valence-electron chi connectivity index (χ2n) is 9.11. The van der Waals surface area contributed by atoms with E-state index in [4.69, 9.17) is 0 Å². The number of aromatic nitrogens is 6. The second-order valence-corrected chi connectivity index (χ2v) is 10.2. The summed E-state index contributed by atoms with van der Waals surface area (Å²) in [5.41, 5.74) is -1.58. The van der Waals surface area contributed by atoms with Crippen molar-refractivity contribution in [3.05, 3.63) is 86.9 Å². The minimum absolute atomic E-state index is 0.0386. The minimum Gasteiger partial charge on any atom is -0.347 e. The second kappa shape index (κ2) is 13.2. The first-order valence-electron chi connectivity index (χ1n) is 12.4. The topological polar surface area (TPSA) is 128 Å². The van der Waals surface area contributed by atoms with Crippen molar-refractivity contribution in [3.63, 3.8) is 0 Å². The molecule has 18 heteroatoms. The van der Waals surface area contributed by atoms with Gasteiger partial charge in [0.25, 0.3) is 11.8 Å². The molecule has 43 heavy (non-hydrogen) atoms. The van der Waals surface area contributed by atoms with Crippen molar-refractivity contribution >= 4 is 23.2 Å². The molecule has 3 aromatic heterocycles. The fourth-order valence-corrected chi connectivity index (χ4v) is 4.41. The van der Waals surface area contributed by atoms with Gasteiger partial charge < -0.3 is 10.6 Å². The number of aryl methyl sites for hydroxylation is 1. The largest absolute Gasteiger partial charge is 0.417 e. The van der Waals surface area contributed by atoms with Gasteiger partial charge in [-0.25, -0.2) is 9.07 Å². The molecule has 4 rings (SSSR count). The van der Waals surface area contributed by atoms with Crippen LogP contribution in [0.4, 0.5) is 30.7 Å². The lowest BCUT2D eigenvalue weighted by Gasteiger charge is -2.09. The number of alkyl halides is 7. The van der Waals surface area contributed by atoms with Crippen molar-refractivity contribution in [3.8, 4) is 0 Å². The molecule has 0 saturated carbocycles. The van der Waals surface area contributed by atoms with Crippen molar-refractivity contribution in [2.75, 3.05) is 0 Å². The van der Waals surface area contributed by atoms with Gasteiger partial charge in [-0.1, -0.05) is 28.7 Å². The van der Waals surface area contributed by atoms with Crippen LogP contribution in [0.25, 0.3) is 0 Å². The normalized spacial score (nSPS) is 12.6. The Labute approximate surface area is 242 Å². The molecule has 10 nitrogen and oxygen atoms in total. The van der Waals surface area contributed by atoms with Gasteiger partial charge >= 0.3 is 12.4 Å². The third-order valence-electron chi connectivity index (χ3n) is 5.77. The van der Waals surface area contributed by atoms with Gasteiger partial charge in [0, 0.05) is 31.9 Å². The number of rotatable bonds is 11. The predicted octanol–water partition coefficient (Wildman–Crippen LogP) is 4.39. The number of benzene rings is 1. The van der Waals surface area contributed by atoms with E-state index in [1.807, 2.05) is 0 Å². The van der Waals surface area contributed by atoms with E-state index in [1.54, 1.807) is 0 Å². The van der Waals surface area contributed by atoms with Gasteiger partial charge in [0.15, 0.2) is 5.69 Å². The molecule has 3 heterocycles. The van der Waals surface area contributed by atoms with Crippen LogP contribution in [0.3, 0.4) is 0 Å². The van der Waals surface area contributed by atoms with E-state index in [-0.39, 0.29) is 54.3 Å². The molecular weight excluding hydrogens is 609 g/mol. The first-order chi connectivity index (χ1) is 20.3. The number of carbonyl (C=O) groups excluding carboxylic acids is 2. The lowest BCUT2D eigenvalue weighted by atomic mass is 10.1. The summed E-state index contributed by atoms with van der Waals surface area (Å²) in [5, 5.41) is 20.1. The smallest absolute Gasteiger partial charge is 0.347 e. The maximum atomic E-state index is 14.6. The highest BCUT2D eigenvalue weighted by atomic mass is 32.1. The molecule has 0 aliphatic carbocycles. The molecule has 0 fully saturated rings. The molecule has 1 unspecified atom stereocenters. The fourth-order valence-electron chi connectivity index (χ4n) is 3.64. The third-order valence-corrected chi connectivity index (χ3v) is 6.75. The number of halogens is 7. The Bertz CT molecular complexity index is 1570. The summed E-state index contributed by atoms with van der Waals surface area (Å²) in [6, 6.07) is 5.34. The Morgan fingerprint density at radius 2 is 1.58 bits per heavy atom. The van der Waals surface area contributed by atoms with E-state index in [2.05, 4.69) is 36.1 Å². The summed E-state index contributed by atoms with van der Waals surface area (Å²) < 4.78 is 92.7. The van der Waals surface area contributed by atoms with Crippen LogP contribution in [-0.2, 0) is 38.4 Å². The van der Waals surface area contributed by atoms with Gasteiger partial charge in [-0.15, -0.1) is 15.3 Å². The molecule has 2 N–H and O–H groups in total. The van der Waals surface area contributed by atoms with Crippen LogP contribution >= 0.6 is 11.3 Å². The summed E-state index contributed by atoms with van der Waals surface area (Å²) >= 11 is 0.899. The third kappa shape index (κ3) is 9.00. The number of amides is 2. The van der Waals surface area contributed by atoms with Gasteiger partial charge in [-0.05, 0) is 35.7 Å². The van der Waals surface area contributed by atoms with Crippen LogP contribution in [0.1, 0.15) is 54.0 Å². The van der Waals surface area contributed by atoms with E-state index in [0.717, 1.165) is 34.2 Å². The molecule has 228 valence electrons. The standard InChI is InChI=1S/C25H21F7N8O2S/c26-18(12-40-13-19(36-39-40)21(41)34-9-14-2-1-3-16(6-14)24(27,28)29)4-5-20-37-38-23(43-20)22(42)35-10-15-7-17(11-33-8-15)25(30,31)32/h1-3,6-8,11,13,18H,4-5,9-10,12H2,(H,34,41)(H,35,42). The number of carbonyl (C=O) groups is 2. The average molecular weight is 631 g/mol. The summed E-state index contributed by atoms with van der Waals surface area (Å²) in [7, 11) is 0. The van der Waals surface area contributed by atoms with Gasteiger partial charge in [0.05, 0.1) is 23.9 Å². The Balaban J connectivity index is 1.21. The predicted molar refractivity (Wildman–Crippen MR) is 136 cm³/mol. The maximum Gasteiger partial charge on any atom is 0.417 e. The first-order valence-corrected chi connectivity index (χ1v) is 13.2. The van der Waals surface area contributed by atoms with Gasteiger partial charge in [0.2, 0.25) is 5.01 Å². The summed E-state index contributed by atoms with van der Waals surface area (Å²) in [4.78, 5) is 28.1. The van der Waals surface area contributed by atoms with E-state index in [0.29, 0.717) is 11.2 Å². The van der Waals surface area contributed by atoms with E-state index in [9.17, 15) is 40.3 Å². The molecule has 0 radical (unpaired) electrons. The molecule has 0 spiro atoms. The average Bonchev–Trinajstić information content (AvgIpc) is 3.63. The van der Waals surface area contributed by atoms with Gasteiger partial charge in [-0.3, -0.25) is 14.6 Å². The number of hydrogen-bond acceptors (Lipinski definition) is 8. The molecule has 1 aromatic carbocycles. The van der Waals surface area contributed by atoms with Crippen LogP contribution in [0.2, 0.25) is 0 Å². The zero-order valence-electron chi connectivity index (χ0n) is 21.8. The quantitative estimate of drug-likeness (QED) is 0.235. The highest BCUT2D eigenvalue weighted by molar-refractivity contribution is 7.13. The number of nitrogens with zero attached hydrogens (tertiary/aromatic N) is 6. The van der Waals surface area contributed by atoms with E-state index in [1.165, 1.54) is 24.5 Å². The highest BCUT2D eigenvalue weighted by Gasteiger charge is 2.31. The maximum absolute atomic E-state index is 14.6. The lowest BCUT2D eigenvalue weighted by Crippen LogP contribution is -2.23. The highest BCUT2D eigenvalue weighted by Crippen LogP contribution is 2.30. The molecule has 1 atom stereocenters. The Morgan fingerprint density at radius 3 is 2.33 bits per heavy atom. The Morgan fingerprint density at radius 1 is 0.884 bits per heavy atom. The van der Waals surface area contributed by atoms with E-state index < -0.39 is 41.5 Å². The van der Waals surface area contributed by atoms with Crippen LogP contribution in [0.5, 0.6) is 0 Å². The molecule has 0 aliphatic rings. The molecule has 0 aliphatic heterocycles. The molecule has 4 aromatic rings. The number of pyridine rings is 1. The SMILES string of the molecule is O=C(NCc1cccc(C(F)(F)F)c1)c1cn(CC(F)CCc2nnc(C(=O)NCc3cncc(C(F)(F)F)c3)s2)nn1. The zero-order valence-corrected chi connectivity index (χ0v) is 22.6. The van der Waals surface area contributed by atoms with Crippen molar-refractivity contribution in [1.82, 2.24) is 40.8 Å². The first kappa shape index (κ1) is 31.5. The van der Waals surface area contributed by atoms with E-state index >= 15 is 0 Å². The zero-order chi connectivity index (χ0) is 31.2. The summed E-state index contributed by atoms with van der Waals surface area (Å²) in [5.74, 6) is -1.37. The van der Waals surface area contributed by atoms with Crippen molar-refractivity contribution < 1.29 is 40.3 Å². The Kier molecular flexibility index (Phi) is 9.67. The molecule has 0 saturated heterocycles. The fraction of sp³-hybridized carbons (Fsp3) is 0.320. The lowest BCUT2D eigenvalue weighted by molar-refractivity contribution is -0.138. The van der Waals surface area contributed by atoms with Crippen molar-refractivity contribution in [2.45, 2.75) is 51.0 Å². The summed E-state index contributed by atoms with van der Waals surface area (Å²) in [6.45, 7) is -0.670. The number of nitrogens with one attached hydrogen (secondary N) is 2. The monoisotopic (exact) mass is 630 g/mol. The number of hydrogen-bond donors (Lipinski definition) is 2. The summed E-state index contributed by atoms with van der Waals surface area (Å²) in [6.07, 6.45) is -7.40. The molecule has 2 amide bonds. The van der Waals surface area contributed by atoms with Gasteiger partial charge in [-0.2, -0.15) is 26.3 Å². The van der Waals surface area contributed by atoms with Crippen LogP contribution in [0.15, 0.2) is 48.9 Å². The van der Waals surface area contributed by atoms with Crippen molar-refractivity contribution in [1.29, 1.82) is 0 Å². The molecular formula is C25H21F7N8O2S. The van der Waals surface area contributed by atoms with Crippen LogP contribution in [0, 0.1) is 0 Å². The van der Waals surface area contributed by atoms with Crippen molar-refractivity contribution in [2.24, 2.45) is 0 Å². The molecule has 0 bridgehead atoms. The van der Waals surface area contributed by atoms with Gasteiger partial charge in [0.1, 0.15) is 11.2 Å².